The van der Waals surface area contributed by atoms with Gasteiger partial charge in [-0.3, -0.25) is 9.36 Å². The minimum absolute atomic E-state index is 0.0936. The number of rotatable bonds is 8. The maximum absolute atomic E-state index is 12.3. The smallest absolute Gasteiger partial charge is 0.234 e. The molecule has 0 spiro atoms. The van der Waals surface area contributed by atoms with Crippen LogP contribution in [0.3, 0.4) is 0 Å². The van der Waals surface area contributed by atoms with E-state index in [1.165, 1.54) is 11.8 Å². The van der Waals surface area contributed by atoms with Crippen LogP contribution in [0.2, 0.25) is 0 Å². The highest BCUT2D eigenvalue weighted by molar-refractivity contribution is 7.99. The van der Waals surface area contributed by atoms with Gasteiger partial charge >= 0.3 is 0 Å². The molecular weight excluding hydrogens is 402 g/mol. The first-order valence-corrected chi connectivity index (χ1v) is 10.7. The normalized spacial score (nSPS) is 12.5. The number of carbonyl (C=O) groups is 1. The van der Waals surface area contributed by atoms with Gasteiger partial charge in [-0.05, 0) is 55.5 Å². The number of amides is 1. The molecule has 0 saturated carbocycles. The molecule has 0 unspecified atom stereocenters. The lowest BCUT2D eigenvalue weighted by atomic mass is 10.3. The molecule has 0 atom stereocenters. The minimum Gasteiger partial charge on any atom is -0.497 e. The Kier molecular flexibility index (Phi) is 6.08. The maximum Gasteiger partial charge on any atom is 0.234 e. The van der Waals surface area contributed by atoms with E-state index in [0.717, 1.165) is 47.1 Å². The van der Waals surface area contributed by atoms with E-state index >= 15 is 0 Å². The van der Waals surface area contributed by atoms with Gasteiger partial charge in [0.05, 0.1) is 19.5 Å². The number of hydrogen-bond acceptors (Lipinski definition) is 7. The summed E-state index contributed by atoms with van der Waals surface area (Å²) in [5.41, 5.74) is 1.77. The lowest BCUT2D eigenvalue weighted by Gasteiger charge is -2.15. The van der Waals surface area contributed by atoms with Crippen LogP contribution in [0, 0.1) is 0 Å². The molecule has 0 radical (unpaired) electrons. The molecule has 2 heterocycles. The van der Waals surface area contributed by atoms with Crippen molar-refractivity contribution in [3.8, 4) is 11.5 Å². The van der Waals surface area contributed by atoms with Gasteiger partial charge < -0.3 is 19.7 Å². The molecule has 0 saturated heterocycles. The second kappa shape index (κ2) is 9.08. The first kappa shape index (κ1) is 20.1. The van der Waals surface area contributed by atoms with Crippen LogP contribution >= 0.6 is 11.8 Å². The average molecular weight is 426 g/mol. The predicted octanol–water partition coefficient (Wildman–Crippen LogP) is 3.57. The van der Waals surface area contributed by atoms with E-state index in [1.807, 2.05) is 60.0 Å². The van der Waals surface area contributed by atoms with Gasteiger partial charge in [-0.25, -0.2) is 0 Å². The highest BCUT2D eigenvalue weighted by Gasteiger charge is 2.26. The van der Waals surface area contributed by atoms with Gasteiger partial charge in [0.2, 0.25) is 11.9 Å². The van der Waals surface area contributed by atoms with E-state index in [0.29, 0.717) is 6.61 Å². The molecule has 4 rings (SSSR count). The molecule has 1 aromatic heterocycles. The maximum atomic E-state index is 12.3. The Balaban J connectivity index is 1.36. The molecule has 0 bridgehead atoms. The van der Waals surface area contributed by atoms with E-state index in [-0.39, 0.29) is 11.7 Å². The number of thioether (sulfide) groups is 1. The second-order valence-corrected chi connectivity index (χ2v) is 7.52. The number of nitrogens with one attached hydrogen (secondary N) is 1. The van der Waals surface area contributed by atoms with Gasteiger partial charge in [-0.15, -0.1) is 10.2 Å². The minimum atomic E-state index is -0.0936. The van der Waals surface area contributed by atoms with Crippen LogP contribution in [0.5, 0.6) is 11.5 Å². The molecule has 1 aliphatic rings. The Bertz CT molecular complexity index is 1000. The van der Waals surface area contributed by atoms with Gasteiger partial charge in [0.25, 0.3) is 0 Å². The van der Waals surface area contributed by atoms with E-state index < -0.39 is 0 Å². The summed E-state index contributed by atoms with van der Waals surface area (Å²) in [6.07, 6.45) is 0. The Morgan fingerprint density at radius 1 is 1.07 bits per heavy atom. The molecule has 0 aliphatic carbocycles. The average Bonchev–Trinajstić information content (AvgIpc) is 3.36. The summed E-state index contributed by atoms with van der Waals surface area (Å²) in [5, 5.41) is 12.2. The lowest BCUT2D eigenvalue weighted by molar-refractivity contribution is -0.113. The van der Waals surface area contributed by atoms with Gasteiger partial charge in [0.15, 0.2) is 5.16 Å². The third kappa shape index (κ3) is 4.35. The summed E-state index contributed by atoms with van der Waals surface area (Å²) >= 11 is 1.38. The Hall–Kier alpha value is -3.20. The number of benzene rings is 2. The van der Waals surface area contributed by atoms with Crippen LogP contribution in [0.4, 0.5) is 17.3 Å². The first-order chi connectivity index (χ1) is 14.7. The first-order valence-electron chi connectivity index (χ1n) is 9.68. The van der Waals surface area contributed by atoms with Crippen molar-refractivity contribution in [3.05, 3.63) is 48.5 Å². The predicted molar refractivity (Wildman–Crippen MR) is 117 cm³/mol. The Labute approximate surface area is 179 Å². The molecule has 1 N–H and O–H groups in total. The molecule has 1 amide bonds. The second-order valence-electron chi connectivity index (χ2n) is 6.58. The van der Waals surface area contributed by atoms with Crippen molar-refractivity contribution in [3.63, 3.8) is 0 Å². The fraction of sp³-hybridized carbons (Fsp3) is 0.286. The molecule has 2 aromatic carbocycles. The molecule has 8 nitrogen and oxygen atoms in total. The van der Waals surface area contributed by atoms with Crippen LogP contribution in [-0.4, -0.2) is 46.7 Å². The Morgan fingerprint density at radius 2 is 1.80 bits per heavy atom. The zero-order valence-electron chi connectivity index (χ0n) is 16.9. The zero-order valence-corrected chi connectivity index (χ0v) is 17.7. The van der Waals surface area contributed by atoms with Crippen molar-refractivity contribution in [1.82, 2.24) is 14.8 Å². The van der Waals surface area contributed by atoms with E-state index in [2.05, 4.69) is 20.4 Å². The fourth-order valence-electron chi connectivity index (χ4n) is 3.22. The van der Waals surface area contributed by atoms with Crippen molar-refractivity contribution in [2.45, 2.75) is 18.6 Å². The summed E-state index contributed by atoms with van der Waals surface area (Å²) in [5.74, 6) is 2.55. The van der Waals surface area contributed by atoms with Crippen LogP contribution in [0.25, 0.3) is 0 Å². The van der Waals surface area contributed by atoms with Crippen LogP contribution < -0.4 is 19.7 Å². The number of methoxy groups -OCH3 is 1. The highest BCUT2D eigenvalue weighted by atomic mass is 32.2. The molecule has 30 heavy (non-hydrogen) atoms. The van der Waals surface area contributed by atoms with Crippen molar-refractivity contribution >= 4 is 35.0 Å². The number of carbonyl (C=O) groups excluding carboxylic acids is 1. The van der Waals surface area contributed by atoms with E-state index in [4.69, 9.17) is 9.47 Å². The van der Waals surface area contributed by atoms with Gasteiger partial charge in [0, 0.05) is 24.5 Å². The summed E-state index contributed by atoms with van der Waals surface area (Å²) in [7, 11) is 1.61. The summed E-state index contributed by atoms with van der Waals surface area (Å²) < 4.78 is 12.7. The topological polar surface area (TPSA) is 81.5 Å². The molecular formula is C21H23N5O3S. The van der Waals surface area contributed by atoms with E-state index in [1.54, 1.807) is 7.11 Å². The van der Waals surface area contributed by atoms with Crippen molar-refractivity contribution in [2.75, 3.05) is 36.2 Å². The number of nitrogens with zero attached hydrogens (tertiary/aromatic N) is 4. The van der Waals surface area contributed by atoms with E-state index in [9.17, 15) is 4.79 Å². The number of ether oxygens (including phenoxy) is 2. The van der Waals surface area contributed by atoms with Crippen molar-refractivity contribution in [2.24, 2.45) is 0 Å². The molecule has 156 valence electrons. The molecule has 3 aromatic rings. The SMILES string of the molecule is CCOc1ccc(N2CCn3c(SCC(=O)Nc4ccc(OC)cc4)nnc32)cc1. The quantitative estimate of drug-likeness (QED) is 0.553. The van der Waals surface area contributed by atoms with Gasteiger partial charge in [-0.1, -0.05) is 11.8 Å². The summed E-state index contributed by atoms with van der Waals surface area (Å²) in [4.78, 5) is 14.4. The van der Waals surface area contributed by atoms with Crippen molar-refractivity contribution in [1.29, 1.82) is 0 Å². The lowest BCUT2D eigenvalue weighted by Crippen LogP contribution is -2.14. The van der Waals surface area contributed by atoms with Crippen LogP contribution in [-0.2, 0) is 11.3 Å². The Morgan fingerprint density at radius 3 is 2.50 bits per heavy atom. The summed E-state index contributed by atoms with van der Waals surface area (Å²) in [6, 6.07) is 15.2. The van der Waals surface area contributed by atoms with Crippen LogP contribution in [0.1, 0.15) is 6.92 Å². The summed E-state index contributed by atoms with van der Waals surface area (Å²) in [6.45, 7) is 4.19. The van der Waals surface area contributed by atoms with Gasteiger partial charge in [-0.2, -0.15) is 0 Å². The third-order valence-electron chi connectivity index (χ3n) is 4.65. The number of hydrogen-bond donors (Lipinski definition) is 1. The number of aromatic nitrogens is 3. The molecule has 0 fully saturated rings. The monoisotopic (exact) mass is 425 g/mol. The molecule has 9 heteroatoms. The zero-order chi connectivity index (χ0) is 20.9. The largest absolute Gasteiger partial charge is 0.497 e. The van der Waals surface area contributed by atoms with Crippen LogP contribution in [0.15, 0.2) is 53.7 Å². The number of anilines is 3. The van der Waals surface area contributed by atoms with Crippen molar-refractivity contribution < 1.29 is 14.3 Å². The third-order valence-corrected chi connectivity index (χ3v) is 5.62. The highest BCUT2D eigenvalue weighted by Crippen LogP contribution is 2.32. The molecule has 1 aliphatic heterocycles. The standard InChI is InChI=1S/C21H23N5O3S/c1-3-29-18-10-6-16(7-11-18)25-12-13-26-20(25)23-24-21(26)30-14-19(27)22-15-4-8-17(28-2)9-5-15/h4-11H,3,12-14H2,1-2H3,(H,22,27). The number of fused-ring (bicyclic) bond motifs is 1. The fourth-order valence-corrected chi connectivity index (χ4v) is 3.98. The van der Waals surface area contributed by atoms with Gasteiger partial charge in [0.1, 0.15) is 11.5 Å².